The average molecular weight is 440 g/mol. The molecule has 0 fully saturated rings. The highest BCUT2D eigenvalue weighted by molar-refractivity contribution is 6.62. The third-order valence-electron chi connectivity index (χ3n) is 6.22. The van der Waals surface area contributed by atoms with E-state index in [0.29, 0.717) is 5.46 Å². The molecule has 6 aromatic rings. The Morgan fingerprint density at radius 3 is 1.97 bits per heavy atom. The van der Waals surface area contributed by atoms with Gasteiger partial charge in [0.1, 0.15) is 5.82 Å². The van der Waals surface area contributed by atoms with E-state index in [4.69, 9.17) is 4.98 Å². The highest BCUT2D eigenvalue weighted by Crippen LogP contribution is 2.33. The maximum absolute atomic E-state index is 10.2. The lowest BCUT2D eigenvalue weighted by molar-refractivity contribution is 0.426. The molecular weight excluding hydrogens is 419 g/mol. The Kier molecular flexibility index (Phi) is 4.99. The summed E-state index contributed by atoms with van der Waals surface area (Å²) in [7, 11) is -1.60. The molecule has 2 heterocycles. The lowest BCUT2D eigenvalue weighted by atomic mass is 9.79. The van der Waals surface area contributed by atoms with Crippen molar-refractivity contribution in [2.24, 2.45) is 0 Å². The molecule has 4 nitrogen and oxygen atoms in total. The zero-order valence-electron chi connectivity index (χ0n) is 18.3. The van der Waals surface area contributed by atoms with E-state index in [2.05, 4.69) is 42.5 Å². The highest BCUT2D eigenvalue weighted by atomic mass is 16.4. The van der Waals surface area contributed by atoms with Gasteiger partial charge < -0.3 is 10.0 Å². The Morgan fingerprint density at radius 2 is 1.24 bits per heavy atom. The fourth-order valence-electron chi connectivity index (χ4n) is 4.68. The number of pyridine rings is 1. The summed E-state index contributed by atoms with van der Waals surface area (Å²) >= 11 is 0. The third-order valence-corrected chi connectivity index (χ3v) is 6.22. The van der Waals surface area contributed by atoms with Gasteiger partial charge in [0, 0.05) is 21.8 Å². The van der Waals surface area contributed by atoms with Crippen LogP contribution < -0.4 is 5.46 Å². The van der Waals surface area contributed by atoms with Gasteiger partial charge in [-0.2, -0.15) is 0 Å². The van der Waals surface area contributed by atoms with E-state index < -0.39 is 7.12 Å². The summed E-state index contributed by atoms with van der Waals surface area (Å²) in [6.07, 6.45) is 0. The van der Waals surface area contributed by atoms with Crippen LogP contribution in [0.2, 0.25) is 0 Å². The minimum atomic E-state index is -1.60. The van der Waals surface area contributed by atoms with Crippen LogP contribution in [0.4, 0.5) is 0 Å². The van der Waals surface area contributed by atoms with Crippen molar-refractivity contribution < 1.29 is 10.0 Å². The van der Waals surface area contributed by atoms with Gasteiger partial charge in [-0.25, -0.2) is 4.98 Å². The second kappa shape index (κ2) is 8.30. The van der Waals surface area contributed by atoms with Crippen LogP contribution in [0.15, 0.2) is 115 Å². The van der Waals surface area contributed by atoms with Gasteiger partial charge in [0.15, 0.2) is 0 Å². The standard InChI is InChI=1S/C29H21BN2O2/c33-30(34)25-16-9-15-24-23-14-7-8-17-27(23)32(29(24)25)28-19-22(20-10-3-1-4-11-20)18-26(31-28)21-12-5-2-6-13-21/h1-19,33-34H. The van der Waals surface area contributed by atoms with Gasteiger partial charge in [-0.1, -0.05) is 97.1 Å². The van der Waals surface area contributed by atoms with Crippen LogP contribution in [0.25, 0.3) is 50.0 Å². The van der Waals surface area contributed by atoms with E-state index in [0.717, 1.165) is 50.0 Å². The van der Waals surface area contributed by atoms with Gasteiger partial charge in [-0.3, -0.25) is 4.57 Å². The fourth-order valence-corrected chi connectivity index (χ4v) is 4.68. The van der Waals surface area contributed by atoms with Crippen molar-refractivity contribution in [1.29, 1.82) is 0 Å². The van der Waals surface area contributed by atoms with Crippen molar-refractivity contribution in [2.75, 3.05) is 0 Å². The predicted octanol–water partition coefficient (Wildman–Crippen LogP) is 5.19. The summed E-state index contributed by atoms with van der Waals surface area (Å²) in [5, 5.41) is 22.4. The third kappa shape index (κ3) is 3.39. The fraction of sp³-hybridized carbons (Fsp3) is 0. The van der Waals surface area contributed by atoms with Gasteiger partial charge in [-0.05, 0) is 29.3 Å². The lowest BCUT2D eigenvalue weighted by Crippen LogP contribution is -2.31. The van der Waals surface area contributed by atoms with E-state index >= 15 is 0 Å². The minimum absolute atomic E-state index is 0.446. The molecule has 4 aromatic carbocycles. The summed E-state index contributed by atoms with van der Waals surface area (Å²) < 4.78 is 2.04. The quantitative estimate of drug-likeness (QED) is 0.371. The van der Waals surface area contributed by atoms with Crippen LogP contribution in [-0.4, -0.2) is 26.7 Å². The number of fused-ring (bicyclic) bond motifs is 3. The van der Waals surface area contributed by atoms with Crippen molar-refractivity contribution in [3.05, 3.63) is 115 Å². The molecule has 0 aliphatic rings. The molecular formula is C29H21BN2O2. The molecule has 0 aliphatic carbocycles. The summed E-state index contributed by atoms with van der Waals surface area (Å²) in [6.45, 7) is 0. The molecule has 0 spiro atoms. The summed E-state index contributed by atoms with van der Waals surface area (Å²) in [6, 6.07) is 38.2. The molecule has 0 radical (unpaired) electrons. The Morgan fingerprint density at radius 1 is 0.588 bits per heavy atom. The molecule has 0 bridgehead atoms. The Hall–Kier alpha value is -4.19. The molecule has 0 aliphatic heterocycles. The second-order valence-corrected chi connectivity index (χ2v) is 8.30. The number of rotatable bonds is 4. The first kappa shape index (κ1) is 20.4. The zero-order chi connectivity index (χ0) is 23.1. The first-order valence-corrected chi connectivity index (χ1v) is 11.2. The SMILES string of the molecule is OB(O)c1cccc2c3ccccc3n(-c3cc(-c4ccccc4)cc(-c4ccccc4)n3)c12. The van der Waals surface area contributed by atoms with Gasteiger partial charge >= 0.3 is 7.12 Å². The van der Waals surface area contributed by atoms with Crippen LogP contribution in [-0.2, 0) is 0 Å². The molecule has 2 aromatic heterocycles. The van der Waals surface area contributed by atoms with Gasteiger partial charge in [0.2, 0.25) is 0 Å². The molecule has 0 unspecified atom stereocenters. The first-order valence-electron chi connectivity index (χ1n) is 11.2. The maximum Gasteiger partial charge on any atom is 0.490 e. The maximum atomic E-state index is 10.2. The first-order chi connectivity index (χ1) is 16.7. The molecule has 2 N–H and O–H groups in total. The van der Waals surface area contributed by atoms with Gasteiger partial charge in [0.05, 0.1) is 16.7 Å². The van der Waals surface area contributed by atoms with Crippen LogP contribution in [0.1, 0.15) is 0 Å². The number of nitrogens with zero attached hydrogens (tertiary/aromatic N) is 2. The lowest BCUT2D eigenvalue weighted by Gasteiger charge is -2.14. The topological polar surface area (TPSA) is 58.3 Å². The summed E-state index contributed by atoms with van der Waals surface area (Å²) in [5.41, 5.74) is 6.15. The second-order valence-electron chi connectivity index (χ2n) is 8.30. The van der Waals surface area contributed by atoms with E-state index in [1.807, 2.05) is 71.3 Å². The van der Waals surface area contributed by atoms with Crippen molar-refractivity contribution in [2.45, 2.75) is 0 Å². The van der Waals surface area contributed by atoms with Crippen molar-refractivity contribution in [1.82, 2.24) is 9.55 Å². The number of benzene rings is 4. The minimum Gasteiger partial charge on any atom is -0.423 e. The van der Waals surface area contributed by atoms with E-state index in [-0.39, 0.29) is 0 Å². The van der Waals surface area contributed by atoms with E-state index in [9.17, 15) is 10.0 Å². The molecule has 0 saturated heterocycles. The molecule has 0 amide bonds. The Balaban J connectivity index is 1.73. The van der Waals surface area contributed by atoms with Crippen LogP contribution in [0, 0.1) is 0 Å². The van der Waals surface area contributed by atoms with Crippen molar-refractivity contribution >= 4 is 34.4 Å². The van der Waals surface area contributed by atoms with Crippen LogP contribution in [0.5, 0.6) is 0 Å². The largest absolute Gasteiger partial charge is 0.490 e. The number of para-hydroxylation sites is 2. The summed E-state index contributed by atoms with van der Waals surface area (Å²) in [4.78, 5) is 5.07. The molecule has 5 heteroatoms. The molecule has 0 atom stereocenters. The molecule has 162 valence electrons. The normalized spacial score (nSPS) is 11.2. The average Bonchev–Trinajstić information content (AvgIpc) is 3.24. The summed E-state index contributed by atoms with van der Waals surface area (Å²) in [5.74, 6) is 0.722. The van der Waals surface area contributed by atoms with Gasteiger partial charge in [-0.15, -0.1) is 0 Å². The zero-order valence-corrected chi connectivity index (χ0v) is 18.3. The van der Waals surface area contributed by atoms with E-state index in [1.54, 1.807) is 6.07 Å². The Bertz CT molecular complexity index is 1570. The monoisotopic (exact) mass is 440 g/mol. The van der Waals surface area contributed by atoms with Gasteiger partial charge in [0.25, 0.3) is 0 Å². The molecule has 0 saturated carbocycles. The van der Waals surface area contributed by atoms with Crippen LogP contribution >= 0.6 is 0 Å². The molecule has 6 rings (SSSR count). The smallest absolute Gasteiger partial charge is 0.423 e. The van der Waals surface area contributed by atoms with Crippen molar-refractivity contribution in [3.63, 3.8) is 0 Å². The van der Waals surface area contributed by atoms with Crippen molar-refractivity contribution in [3.8, 4) is 28.2 Å². The highest BCUT2D eigenvalue weighted by Gasteiger charge is 2.22. The number of aromatic nitrogens is 2. The molecule has 34 heavy (non-hydrogen) atoms. The number of hydrogen-bond acceptors (Lipinski definition) is 3. The van der Waals surface area contributed by atoms with E-state index in [1.165, 1.54) is 0 Å². The number of hydrogen-bond donors (Lipinski definition) is 2. The van der Waals surface area contributed by atoms with Crippen LogP contribution in [0.3, 0.4) is 0 Å². The Labute approximate surface area is 197 Å². The predicted molar refractivity (Wildman–Crippen MR) is 139 cm³/mol.